The van der Waals surface area contributed by atoms with E-state index < -0.39 is 11.6 Å². The Morgan fingerprint density at radius 2 is 1.92 bits per heavy atom. The fraction of sp³-hybridized carbons (Fsp3) is 0. The van der Waals surface area contributed by atoms with Crippen LogP contribution in [0.3, 0.4) is 0 Å². The van der Waals surface area contributed by atoms with Gasteiger partial charge < -0.3 is 0 Å². The Hall–Kier alpha value is -1.78. The lowest BCUT2D eigenvalue weighted by Crippen LogP contribution is -2.01. The molecule has 5 heteroatoms. The van der Waals surface area contributed by atoms with E-state index in [1.54, 1.807) is 0 Å². The Kier molecular flexibility index (Phi) is 1.77. The van der Waals surface area contributed by atoms with Gasteiger partial charge in [0.25, 0.3) is 0 Å². The van der Waals surface area contributed by atoms with Gasteiger partial charge in [0.05, 0.1) is 12.4 Å². The first-order valence-corrected chi connectivity index (χ1v) is 3.51. The number of benzene rings is 1. The number of halogens is 2. The van der Waals surface area contributed by atoms with Gasteiger partial charge in [-0.1, -0.05) is 0 Å². The molecule has 0 unspecified atom stereocenters. The van der Waals surface area contributed by atoms with Gasteiger partial charge in [0.15, 0.2) is 5.82 Å². The van der Waals surface area contributed by atoms with E-state index in [0.29, 0.717) is 0 Å². The molecule has 0 fully saturated rings. The molecule has 0 saturated heterocycles. The average molecular weight is 180 g/mol. The van der Waals surface area contributed by atoms with Crippen molar-refractivity contribution in [3.05, 3.63) is 42.2 Å². The Labute approximate surface area is 72.6 Å². The highest BCUT2D eigenvalue weighted by molar-refractivity contribution is 5.29. The Morgan fingerprint density at radius 3 is 2.54 bits per heavy atom. The van der Waals surface area contributed by atoms with E-state index in [1.807, 2.05) is 0 Å². The van der Waals surface area contributed by atoms with Crippen LogP contribution < -0.4 is 0 Å². The summed E-state index contributed by atoms with van der Waals surface area (Å²) >= 11 is 0. The summed E-state index contributed by atoms with van der Waals surface area (Å²) in [6.07, 6.45) is 2.80. The normalized spacial score (nSPS) is 10.3. The first kappa shape index (κ1) is 7.85. The van der Waals surface area contributed by atoms with Crippen LogP contribution in [0.25, 0.3) is 5.69 Å². The van der Waals surface area contributed by atoms with Crippen LogP contribution in [0.5, 0.6) is 0 Å². The molecule has 0 aliphatic heterocycles. The molecule has 0 aliphatic carbocycles. The molecule has 1 radical (unpaired) electrons. The molecule has 0 aliphatic rings. The van der Waals surface area contributed by atoms with Crippen molar-refractivity contribution in [2.45, 2.75) is 0 Å². The summed E-state index contributed by atoms with van der Waals surface area (Å²) in [6.45, 7) is 0. The van der Waals surface area contributed by atoms with E-state index >= 15 is 0 Å². The van der Waals surface area contributed by atoms with Gasteiger partial charge in [0, 0.05) is 12.1 Å². The molecule has 1 heterocycles. The molecule has 1 aromatic carbocycles. The lowest BCUT2D eigenvalue weighted by atomic mass is 10.3. The van der Waals surface area contributed by atoms with E-state index in [1.165, 1.54) is 12.4 Å². The van der Waals surface area contributed by atoms with E-state index in [2.05, 4.69) is 16.3 Å². The largest absolute Gasteiger partial charge is 0.207 e. The predicted molar refractivity (Wildman–Crippen MR) is 40.1 cm³/mol. The topological polar surface area (TPSA) is 30.7 Å². The van der Waals surface area contributed by atoms with Gasteiger partial charge in [0.1, 0.15) is 11.5 Å². The molecule has 0 spiro atoms. The van der Waals surface area contributed by atoms with Crippen LogP contribution in [0, 0.1) is 17.7 Å². The number of hydrogen-bond acceptors (Lipinski definition) is 2. The second-order valence-corrected chi connectivity index (χ2v) is 2.33. The van der Waals surface area contributed by atoms with Gasteiger partial charge in [-0.2, -0.15) is 10.2 Å². The summed E-state index contributed by atoms with van der Waals surface area (Å²) < 4.78 is 25.5. The molecular weight excluding hydrogens is 176 g/mol. The van der Waals surface area contributed by atoms with E-state index in [9.17, 15) is 8.78 Å². The number of hydrogen-bond donors (Lipinski definition) is 0. The van der Waals surface area contributed by atoms with Crippen molar-refractivity contribution in [1.82, 2.24) is 15.0 Å². The van der Waals surface area contributed by atoms with Crippen molar-refractivity contribution < 1.29 is 8.78 Å². The highest BCUT2D eigenvalue weighted by atomic mass is 19.1. The fourth-order valence-electron chi connectivity index (χ4n) is 0.922. The first-order chi connectivity index (χ1) is 6.27. The van der Waals surface area contributed by atoms with Crippen molar-refractivity contribution in [3.63, 3.8) is 0 Å². The maximum absolute atomic E-state index is 13.0. The average Bonchev–Trinajstić information content (AvgIpc) is 2.56. The monoisotopic (exact) mass is 180 g/mol. The second kappa shape index (κ2) is 2.93. The summed E-state index contributed by atoms with van der Waals surface area (Å²) in [5.74, 6) is -1.41. The van der Waals surface area contributed by atoms with Gasteiger partial charge in [-0.3, -0.25) is 0 Å². The van der Waals surface area contributed by atoms with Gasteiger partial charge in [-0.25, -0.2) is 8.78 Å². The highest BCUT2D eigenvalue weighted by Gasteiger charge is 2.06. The molecule has 2 aromatic rings. The SMILES string of the molecule is Fc1c[c]c(-n2nccn2)c(F)c1. The molecule has 0 amide bonds. The van der Waals surface area contributed by atoms with Crippen molar-refractivity contribution in [2.75, 3.05) is 0 Å². The van der Waals surface area contributed by atoms with Crippen LogP contribution in [0.2, 0.25) is 0 Å². The minimum Gasteiger partial charge on any atom is -0.207 e. The molecule has 0 atom stereocenters. The Bertz CT molecular complexity index is 411. The fourth-order valence-corrected chi connectivity index (χ4v) is 0.922. The predicted octanol–water partition coefficient (Wildman–Crippen LogP) is 1.35. The summed E-state index contributed by atoms with van der Waals surface area (Å²) in [5, 5.41) is 7.38. The van der Waals surface area contributed by atoms with E-state index in [-0.39, 0.29) is 5.69 Å². The van der Waals surface area contributed by atoms with Gasteiger partial charge in [-0.05, 0) is 6.07 Å². The minimum atomic E-state index is -0.740. The van der Waals surface area contributed by atoms with Crippen LogP contribution in [-0.2, 0) is 0 Å². The molecule has 3 nitrogen and oxygen atoms in total. The number of aromatic nitrogens is 3. The first-order valence-electron chi connectivity index (χ1n) is 3.51. The molecule has 1 aromatic heterocycles. The number of nitrogens with zero attached hydrogens (tertiary/aromatic N) is 3. The Morgan fingerprint density at radius 1 is 1.23 bits per heavy atom. The third-order valence-electron chi connectivity index (χ3n) is 1.46. The Balaban J connectivity index is 2.53. The van der Waals surface area contributed by atoms with E-state index in [4.69, 9.17) is 0 Å². The molecule has 65 valence electrons. The van der Waals surface area contributed by atoms with Crippen LogP contribution >= 0.6 is 0 Å². The molecule has 0 N–H and O–H groups in total. The maximum Gasteiger partial charge on any atom is 0.154 e. The van der Waals surface area contributed by atoms with Crippen molar-refractivity contribution in [1.29, 1.82) is 0 Å². The molecule has 0 saturated carbocycles. The lowest BCUT2D eigenvalue weighted by Gasteiger charge is -1.99. The second-order valence-electron chi connectivity index (χ2n) is 2.33. The van der Waals surface area contributed by atoms with Crippen LogP contribution in [0.15, 0.2) is 24.5 Å². The summed E-state index contributed by atoms with van der Waals surface area (Å²) in [6, 6.07) is 4.18. The molecular formula is C8H4F2N3. The smallest absolute Gasteiger partial charge is 0.154 e. The summed E-state index contributed by atoms with van der Waals surface area (Å²) in [4.78, 5) is 1.04. The minimum absolute atomic E-state index is 0.00593. The maximum atomic E-state index is 13.0. The lowest BCUT2D eigenvalue weighted by molar-refractivity contribution is 0.565. The molecule has 0 bridgehead atoms. The summed E-state index contributed by atoms with van der Waals surface area (Å²) in [7, 11) is 0. The van der Waals surface area contributed by atoms with Crippen molar-refractivity contribution >= 4 is 0 Å². The van der Waals surface area contributed by atoms with Crippen LogP contribution in [0.1, 0.15) is 0 Å². The third-order valence-corrected chi connectivity index (χ3v) is 1.46. The quantitative estimate of drug-likeness (QED) is 0.663. The standard InChI is InChI=1S/C8H4F2N3/c9-6-1-2-8(7(10)5-6)13-11-3-4-12-13/h1,3-5H. The summed E-state index contributed by atoms with van der Waals surface area (Å²) in [5.41, 5.74) is 0.00593. The molecule has 13 heavy (non-hydrogen) atoms. The molecule has 2 rings (SSSR count). The highest BCUT2D eigenvalue weighted by Crippen LogP contribution is 2.11. The van der Waals surface area contributed by atoms with Gasteiger partial charge in [-0.15, -0.1) is 4.80 Å². The van der Waals surface area contributed by atoms with E-state index in [0.717, 1.165) is 16.9 Å². The third kappa shape index (κ3) is 1.40. The number of rotatable bonds is 1. The van der Waals surface area contributed by atoms with Gasteiger partial charge in [0.2, 0.25) is 0 Å². The van der Waals surface area contributed by atoms with Crippen molar-refractivity contribution in [2.24, 2.45) is 0 Å². The van der Waals surface area contributed by atoms with Crippen LogP contribution in [-0.4, -0.2) is 15.0 Å². The zero-order valence-corrected chi connectivity index (χ0v) is 6.41. The van der Waals surface area contributed by atoms with Crippen molar-refractivity contribution in [3.8, 4) is 5.69 Å². The zero-order valence-electron chi connectivity index (χ0n) is 6.41. The van der Waals surface area contributed by atoms with Gasteiger partial charge >= 0.3 is 0 Å². The zero-order chi connectivity index (χ0) is 9.26. The van der Waals surface area contributed by atoms with Crippen LogP contribution in [0.4, 0.5) is 8.78 Å².